The molecule has 2 fully saturated rings. The van der Waals surface area contributed by atoms with Gasteiger partial charge in [0.1, 0.15) is 6.33 Å². The van der Waals surface area contributed by atoms with Crippen LogP contribution in [0.3, 0.4) is 0 Å². The van der Waals surface area contributed by atoms with Crippen LogP contribution in [0, 0.1) is 10.1 Å². The summed E-state index contributed by atoms with van der Waals surface area (Å²) in [5, 5.41) is 11.9. The molecule has 3 aliphatic heterocycles. The van der Waals surface area contributed by atoms with E-state index in [0.717, 1.165) is 54.9 Å². The summed E-state index contributed by atoms with van der Waals surface area (Å²) in [5.74, 6) is 4.10. The predicted octanol–water partition coefficient (Wildman–Crippen LogP) is 1.95. The minimum absolute atomic E-state index is 0.0178. The fraction of sp³-hybridized carbons (Fsp3) is 0.474. The number of rotatable bonds is 5. The fourth-order valence-corrected chi connectivity index (χ4v) is 4.93. The topological polar surface area (TPSA) is 97.1 Å². The average molecular weight is 430 g/mol. The van der Waals surface area contributed by atoms with Gasteiger partial charge in [0.15, 0.2) is 11.5 Å². The highest BCUT2D eigenvalue weighted by Gasteiger charge is 2.32. The average Bonchev–Trinajstić information content (AvgIpc) is 3.45. The van der Waals surface area contributed by atoms with Gasteiger partial charge in [-0.2, -0.15) is 0 Å². The van der Waals surface area contributed by atoms with E-state index in [0.29, 0.717) is 24.7 Å². The van der Waals surface area contributed by atoms with Gasteiger partial charge in [-0.05, 0) is 17.7 Å². The standard InChI is InChI=1S/C19H22N6O4S/c26-25(27)17-18(20-11-21-19(17)24-7-8-30-12-24)23-5-3-22(4-6-23)10-14-1-2-15-16(9-14)29-13-28-15/h1-2,9,11H,3-8,10,12-13H2. The molecule has 2 saturated heterocycles. The summed E-state index contributed by atoms with van der Waals surface area (Å²) < 4.78 is 10.8. The number of hydrogen-bond acceptors (Lipinski definition) is 10. The Hall–Kier alpha value is -2.79. The van der Waals surface area contributed by atoms with E-state index in [1.165, 1.54) is 6.33 Å². The lowest BCUT2D eigenvalue weighted by Crippen LogP contribution is -2.46. The molecule has 158 valence electrons. The minimum atomic E-state index is -0.341. The van der Waals surface area contributed by atoms with Gasteiger partial charge in [0.05, 0.1) is 10.8 Å². The largest absolute Gasteiger partial charge is 0.454 e. The molecule has 0 unspecified atom stereocenters. The Morgan fingerprint density at radius 1 is 1.03 bits per heavy atom. The number of hydrogen-bond donors (Lipinski definition) is 0. The first-order valence-electron chi connectivity index (χ1n) is 9.87. The van der Waals surface area contributed by atoms with Gasteiger partial charge >= 0.3 is 5.69 Å². The molecule has 5 rings (SSSR count). The lowest BCUT2D eigenvalue weighted by atomic mass is 10.1. The zero-order valence-corrected chi connectivity index (χ0v) is 17.2. The molecule has 3 aliphatic rings. The van der Waals surface area contributed by atoms with Gasteiger partial charge < -0.3 is 19.3 Å². The molecule has 0 N–H and O–H groups in total. The lowest BCUT2D eigenvalue weighted by molar-refractivity contribution is -0.383. The second-order valence-corrected chi connectivity index (χ2v) is 8.45. The van der Waals surface area contributed by atoms with Gasteiger partial charge in [-0.3, -0.25) is 15.0 Å². The zero-order valence-electron chi connectivity index (χ0n) is 16.4. The van der Waals surface area contributed by atoms with E-state index in [2.05, 4.69) is 20.9 Å². The Bertz CT molecular complexity index is 947. The molecular weight excluding hydrogens is 408 g/mol. The number of ether oxygens (including phenoxy) is 2. The number of nitro groups is 1. The summed E-state index contributed by atoms with van der Waals surface area (Å²) in [5.41, 5.74) is 1.18. The van der Waals surface area contributed by atoms with Crippen LogP contribution >= 0.6 is 11.8 Å². The van der Waals surface area contributed by atoms with Crippen LogP contribution in [0.25, 0.3) is 0 Å². The lowest BCUT2D eigenvalue weighted by Gasteiger charge is -2.35. The summed E-state index contributed by atoms with van der Waals surface area (Å²) in [4.78, 5) is 26.4. The number of thioether (sulfide) groups is 1. The number of fused-ring (bicyclic) bond motifs is 1. The molecule has 4 heterocycles. The molecule has 10 nitrogen and oxygen atoms in total. The summed E-state index contributed by atoms with van der Waals surface area (Å²) >= 11 is 1.75. The maximum absolute atomic E-state index is 11.9. The molecule has 1 aromatic carbocycles. The van der Waals surface area contributed by atoms with Gasteiger partial charge in [-0.15, -0.1) is 11.8 Å². The van der Waals surface area contributed by atoms with E-state index in [1.54, 1.807) is 11.8 Å². The first kappa shape index (κ1) is 19.2. The first-order chi connectivity index (χ1) is 14.7. The van der Waals surface area contributed by atoms with Crippen molar-refractivity contribution in [2.75, 3.05) is 60.9 Å². The molecule has 0 spiro atoms. The molecule has 0 saturated carbocycles. The number of nitrogens with zero attached hydrogens (tertiary/aromatic N) is 6. The Kier molecular flexibility index (Phi) is 5.21. The highest BCUT2D eigenvalue weighted by Crippen LogP contribution is 2.37. The molecule has 30 heavy (non-hydrogen) atoms. The number of aromatic nitrogens is 2. The number of benzene rings is 1. The van der Waals surface area contributed by atoms with Crippen molar-refractivity contribution in [2.45, 2.75) is 6.54 Å². The van der Waals surface area contributed by atoms with Crippen LogP contribution in [-0.4, -0.2) is 70.9 Å². The van der Waals surface area contributed by atoms with Crippen molar-refractivity contribution in [1.82, 2.24) is 14.9 Å². The van der Waals surface area contributed by atoms with Crippen molar-refractivity contribution in [3.8, 4) is 11.5 Å². The quantitative estimate of drug-likeness (QED) is 0.517. The van der Waals surface area contributed by atoms with Crippen LogP contribution in [0.1, 0.15) is 5.56 Å². The summed E-state index contributed by atoms with van der Waals surface area (Å²) in [7, 11) is 0. The summed E-state index contributed by atoms with van der Waals surface area (Å²) in [6.45, 7) is 4.79. The van der Waals surface area contributed by atoms with Crippen molar-refractivity contribution in [1.29, 1.82) is 0 Å². The highest BCUT2D eigenvalue weighted by atomic mass is 32.2. The third kappa shape index (κ3) is 3.70. The Balaban J connectivity index is 1.28. The smallest absolute Gasteiger partial charge is 0.353 e. The summed E-state index contributed by atoms with van der Waals surface area (Å²) in [6.07, 6.45) is 1.44. The fourth-order valence-electron chi connectivity index (χ4n) is 3.98. The molecular formula is C19H22N6O4S. The van der Waals surface area contributed by atoms with Crippen molar-refractivity contribution in [3.05, 3.63) is 40.2 Å². The van der Waals surface area contributed by atoms with Crippen LogP contribution in [0.5, 0.6) is 11.5 Å². The van der Waals surface area contributed by atoms with E-state index in [4.69, 9.17) is 9.47 Å². The Morgan fingerprint density at radius 2 is 1.80 bits per heavy atom. The first-order valence-corrected chi connectivity index (χ1v) is 11.0. The van der Waals surface area contributed by atoms with Gasteiger partial charge in [-0.25, -0.2) is 9.97 Å². The summed E-state index contributed by atoms with van der Waals surface area (Å²) in [6, 6.07) is 6.01. The second kappa shape index (κ2) is 8.15. The van der Waals surface area contributed by atoms with E-state index in [9.17, 15) is 10.1 Å². The molecule has 0 bridgehead atoms. The Labute approximate surface area is 177 Å². The molecule has 0 atom stereocenters. The predicted molar refractivity (Wildman–Crippen MR) is 113 cm³/mol. The molecule has 2 aromatic rings. The molecule has 0 amide bonds. The maximum atomic E-state index is 11.9. The minimum Gasteiger partial charge on any atom is -0.454 e. The van der Waals surface area contributed by atoms with Crippen LogP contribution in [0.4, 0.5) is 17.3 Å². The van der Waals surface area contributed by atoms with Crippen molar-refractivity contribution >= 4 is 29.1 Å². The normalized spacial score (nSPS) is 18.8. The number of anilines is 2. The van der Waals surface area contributed by atoms with Gasteiger partial charge in [-0.1, -0.05) is 6.07 Å². The van der Waals surface area contributed by atoms with Crippen LogP contribution in [0.2, 0.25) is 0 Å². The van der Waals surface area contributed by atoms with Gasteiger partial charge in [0, 0.05) is 45.0 Å². The van der Waals surface area contributed by atoms with E-state index < -0.39 is 0 Å². The number of piperazine rings is 1. The van der Waals surface area contributed by atoms with Crippen LogP contribution < -0.4 is 19.3 Å². The third-order valence-corrected chi connectivity index (χ3v) is 6.50. The van der Waals surface area contributed by atoms with Crippen LogP contribution in [0.15, 0.2) is 24.5 Å². The van der Waals surface area contributed by atoms with Crippen LogP contribution in [-0.2, 0) is 6.54 Å². The molecule has 0 aliphatic carbocycles. The van der Waals surface area contributed by atoms with Crippen molar-refractivity contribution in [2.24, 2.45) is 0 Å². The van der Waals surface area contributed by atoms with Gasteiger partial charge in [0.25, 0.3) is 0 Å². The molecule has 1 aromatic heterocycles. The second-order valence-electron chi connectivity index (χ2n) is 7.38. The maximum Gasteiger partial charge on any atom is 0.353 e. The van der Waals surface area contributed by atoms with E-state index in [1.807, 2.05) is 21.9 Å². The van der Waals surface area contributed by atoms with Crippen molar-refractivity contribution < 1.29 is 14.4 Å². The van der Waals surface area contributed by atoms with Crippen molar-refractivity contribution in [3.63, 3.8) is 0 Å². The van der Waals surface area contributed by atoms with Gasteiger partial charge in [0.2, 0.25) is 18.4 Å². The molecule has 0 radical (unpaired) electrons. The zero-order chi connectivity index (χ0) is 20.5. The van der Waals surface area contributed by atoms with E-state index in [-0.39, 0.29) is 17.4 Å². The van der Waals surface area contributed by atoms with E-state index >= 15 is 0 Å². The highest BCUT2D eigenvalue weighted by molar-refractivity contribution is 7.99. The third-order valence-electron chi connectivity index (χ3n) is 5.53. The SMILES string of the molecule is O=[N+]([O-])c1c(N2CCN(Cc3ccc4c(c3)OCO4)CC2)ncnc1N1CCSC1. The Morgan fingerprint density at radius 3 is 2.53 bits per heavy atom. The monoisotopic (exact) mass is 430 g/mol. The molecule has 11 heteroatoms.